The van der Waals surface area contributed by atoms with E-state index < -0.39 is 24.6 Å². The molecular weight excluding hydrogens is 231 g/mol. The van der Waals surface area contributed by atoms with E-state index >= 15 is 0 Å². The molecule has 1 aromatic heterocycles. The second-order valence-electron chi connectivity index (χ2n) is 2.68. The fraction of sp³-hybridized carbons (Fsp3) is 0.375. The Kier molecular flexibility index (Phi) is 3.43. The number of hydrogen-bond donors (Lipinski definition) is 2. The van der Waals surface area contributed by atoms with E-state index in [9.17, 15) is 18.3 Å². The van der Waals surface area contributed by atoms with Crippen molar-refractivity contribution < 1.29 is 32.9 Å². The average molecular weight is 239 g/mol. The van der Waals surface area contributed by atoms with Gasteiger partial charge in [0.15, 0.2) is 5.75 Å². The van der Waals surface area contributed by atoms with Gasteiger partial charge in [-0.05, 0) is 0 Å². The van der Waals surface area contributed by atoms with Crippen LogP contribution in [0, 0.1) is 0 Å². The highest BCUT2D eigenvalue weighted by atomic mass is 19.4. The first-order valence-electron chi connectivity index (χ1n) is 4.01. The topological polar surface area (TPSA) is 71.8 Å². The van der Waals surface area contributed by atoms with Crippen LogP contribution < -0.4 is 9.47 Å². The molecule has 0 radical (unpaired) electrons. The van der Waals surface area contributed by atoms with Crippen molar-refractivity contribution in [2.45, 2.75) is 13.0 Å². The van der Waals surface area contributed by atoms with Gasteiger partial charge in [0, 0.05) is 11.6 Å². The molecule has 1 aromatic rings. The van der Waals surface area contributed by atoms with Crippen LogP contribution in [0.3, 0.4) is 0 Å². The fourth-order valence-corrected chi connectivity index (χ4v) is 0.946. The number of aliphatic hydroxyl groups is 1. The first-order chi connectivity index (χ1) is 7.37. The Morgan fingerprint density at radius 1 is 1.44 bits per heavy atom. The number of nitrogens with zero attached hydrogens (tertiary/aromatic N) is 1. The molecule has 0 aromatic carbocycles. The van der Waals surface area contributed by atoms with Gasteiger partial charge in [0.25, 0.3) is 5.88 Å². The molecule has 5 nitrogen and oxygen atoms in total. The van der Waals surface area contributed by atoms with Gasteiger partial charge in [-0.2, -0.15) is 4.98 Å². The number of aliphatic hydroxyl groups excluding tert-OH is 1. The van der Waals surface area contributed by atoms with Gasteiger partial charge in [-0.3, -0.25) is 0 Å². The molecule has 0 aliphatic carbocycles. The molecule has 0 fully saturated rings. The van der Waals surface area contributed by atoms with E-state index in [0.717, 1.165) is 6.07 Å². The molecule has 0 unspecified atom stereocenters. The summed E-state index contributed by atoms with van der Waals surface area (Å²) in [5.41, 5.74) is -0.175. The monoisotopic (exact) mass is 239 g/mol. The van der Waals surface area contributed by atoms with Gasteiger partial charge >= 0.3 is 6.36 Å². The summed E-state index contributed by atoms with van der Waals surface area (Å²) in [6, 6.07) is 1.10. The molecule has 0 atom stereocenters. The van der Waals surface area contributed by atoms with Crippen LogP contribution in [-0.2, 0) is 6.61 Å². The van der Waals surface area contributed by atoms with Crippen molar-refractivity contribution in [1.82, 2.24) is 4.98 Å². The van der Waals surface area contributed by atoms with E-state index in [4.69, 9.17) is 5.11 Å². The Bertz CT molecular complexity index is 380. The van der Waals surface area contributed by atoms with Crippen molar-refractivity contribution in [3.8, 4) is 17.5 Å². The van der Waals surface area contributed by atoms with Crippen LogP contribution in [0.2, 0.25) is 0 Å². The van der Waals surface area contributed by atoms with E-state index in [1.807, 2.05) is 0 Å². The van der Waals surface area contributed by atoms with Gasteiger partial charge in [0.05, 0.1) is 13.7 Å². The molecule has 90 valence electrons. The lowest BCUT2D eigenvalue weighted by Crippen LogP contribution is -2.18. The Morgan fingerprint density at radius 3 is 2.50 bits per heavy atom. The molecule has 0 amide bonds. The highest BCUT2D eigenvalue weighted by molar-refractivity contribution is 5.43. The Hall–Kier alpha value is -1.70. The summed E-state index contributed by atoms with van der Waals surface area (Å²) >= 11 is 0. The highest BCUT2D eigenvalue weighted by Crippen LogP contribution is 2.34. The molecule has 0 spiro atoms. The van der Waals surface area contributed by atoms with E-state index in [2.05, 4.69) is 14.5 Å². The number of hydrogen-bond acceptors (Lipinski definition) is 5. The second-order valence-corrected chi connectivity index (χ2v) is 2.68. The number of aromatic nitrogens is 1. The Morgan fingerprint density at radius 2 is 2.06 bits per heavy atom. The number of ether oxygens (including phenoxy) is 2. The zero-order valence-electron chi connectivity index (χ0n) is 8.08. The van der Waals surface area contributed by atoms with E-state index in [1.54, 1.807) is 0 Å². The summed E-state index contributed by atoms with van der Waals surface area (Å²) in [6.45, 7) is -0.668. The van der Waals surface area contributed by atoms with Crippen LogP contribution in [0.25, 0.3) is 0 Å². The van der Waals surface area contributed by atoms with Crippen LogP contribution in [-0.4, -0.2) is 28.7 Å². The van der Waals surface area contributed by atoms with Crippen LogP contribution in [0.1, 0.15) is 5.56 Å². The molecule has 0 aliphatic rings. The predicted molar refractivity (Wildman–Crippen MR) is 45.1 cm³/mol. The Labute approximate surface area is 88.1 Å². The van der Waals surface area contributed by atoms with Crippen molar-refractivity contribution >= 4 is 0 Å². The van der Waals surface area contributed by atoms with E-state index in [0.29, 0.717) is 0 Å². The zero-order chi connectivity index (χ0) is 12.3. The van der Waals surface area contributed by atoms with Gasteiger partial charge in [0.2, 0.25) is 5.88 Å². The van der Waals surface area contributed by atoms with Gasteiger partial charge < -0.3 is 19.7 Å². The van der Waals surface area contributed by atoms with Gasteiger partial charge in [0.1, 0.15) is 0 Å². The smallest absolute Gasteiger partial charge is 0.503 e. The summed E-state index contributed by atoms with van der Waals surface area (Å²) in [4.78, 5) is 3.26. The first-order valence-corrected chi connectivity index (χ1v) is 4.01. The maximum absolute atomic E-state index is 11.9. The number of rotatable bonds is 3. The minimum absolute atomic E-state index is 0.175. The normalized spacial score (nSPS) is 11.3. The van der Waals surface area contributed by atoms with Crippen LogP contribution >= 0.6 is 0 Å². The average Bonchev–Trinajstić information content (AvgIpc) is 2.19. The van der Waals surface area contributed by atoms with Gasteiger partial charge in [-0.15, -0.1) is 13.2 Å². The predicted octanol–water partition coefficient (Wildman–Crippen LogP) is 1.19. The quantitative estimate of drug-likeness (QED) is 0.828. The van der Waals surface area contributed by atoms with Crippen molar-refractivity contribution in [3.05, 3.63) is 11.6 Å². The van der Waals surface area contributed by atoms with Crippen molar-refractivity contribution in [2.75, 3.05) is 7.11 Å². The zero-order valence-corrected chi connectivity index (χ0v) is 8.08. The molecule has 0 saturated carbocycles. The molecule has 0 aliphatic heterocycles. The lowest BCUT2D eigenvalue weighted by atomic mass is 10.2. The van der Waals surface area contributed by atoms with Crippen LogP contribution in [0.15, 0.2) is 6.07 Å². The van der Waals surface area contributed by atoms with Crippen LogP contribution in [0.4, 0.5) is 13.2 Å². The van der Waals surface area contributed by atoms with Gasteiger partial charge in [-0.1, -0.05) is 0 Å². The van der Waals surface area contributed by atoms with Crippen LogP contribution in [0.5, 0.6) is 17.5 Å². The lowest BCUT2D eigenvalue weighted by Gasteiger charge is -2.12. The molecule has 0 saturated heterocycles. The maximum atomic E-state index is 11.9. The maximum Gasteiger partial charge on any atom is 0.574 e. The second kappa shape index (κ2) is 4.44. The molecule has 2 N–H and O–H groups in total. The molecule has 16 heavy (non-hydrogen) atoms. The summed E-state index contributed by atoms with van der Waals surface area (Å²) < 4.78 is 43.8. The fourth-order valence-electron chi connectivity index (χ4n) is 0.946. The summed E-state index contributed by atoms with van der Waals surface area (Å²) in [7, 11) is 1.18. The number of aromatic hydroxyl groups is 1. The van der Waals surface area contributed by atoms with Crippen molar-refractivity contribution in [3.63, 3.8) is 0 Å². The number of alkyl halides is 3. The number of methoxy groups -OCH3 is 1. The number of halogens is 3. The molecule has 0 bridgehead atoms. The third-order valence-corrected chi connectivity index (χ3v) is 1.61. The van der Waals surface area contributed by atoms with Crippen molar-refractivity contribution in [2.24, 2.45) is 0 Å². The van der Waals surface area contributed by atoms with E-state index in [1.165, 1.54) is 7.11 Å². The summed E-state index contributed by atoms with van der Waals surface area (Å²) in [6.07, 6.45) is -4.98. The largest absolute Gasteiger partial charge is 0.574 e. The number of pyridine rings is 1. The molecule has 8 heteroatoms. The third-order valence-electron chi connectivity index (χ3n) is 1.61. The molecule has 1 heterocycles. The van der Waals surface area contributed by atoms with E-state index in [-0.39, 0.29) is 11.4 Å². The first kappa shape index (κ1) is 12.4. The third kappa shape index (κ3) is 2.89. The molecule has 1 rings (SSSR count). The standard InChI is InChI=1S/C8H8F3NO4/c1-15-5-2-4(3-13)6(14)7(12-5)16-8(9,10)11/h2,13-14H,3H2,1H3. The minimum atomic E-state index is -4.98. The Balaban J connectivity index is 3.16. The SMILES string of the molecule is COc1cc(CO)c(O)c(OC(F)(F)F)n1. The summed E-state index contributed by atoms with van der Waals surface area (Å²) in [5.74, 6) is -2.14. The van der Waals surface area contributed by atoms with Gasteiger partial charge in [-0.25, -0.2) is 0 Å². The minimum Gasteiger partial charge on any atom is -0.503 e. The summed E-state index contributed by atoms with van der Waals surface area (Å²) in [5, 5.41) is 18.1. The van der Waals surface area contributed by atoms with Crippen molar-refractivity contribution in [1.29, 1.82) is 0 Å². The lowest BCUT2D eigenvalue weighted by molar-refractivity contribution is -0.276. The highest BCUT2D eigenvalue weighted by Gasteiger charge is 2.34. The molecular formula is C8H8F3NO4.